The fourth-order valence-electron chi connectivity index (χ4n) is 2.47. The molecule has 1 aromatic carbocycles. The van der Waals surface area contributed by atoms with E-state index in [4.69, 9.17) is 0 Å². The molecule has 1 atom stereocenters. The maximum atomic E-state index is 12.2. The third-order valence-electron chi connectivity index (χ3n) is 3.61. The van der Waals surface area contributed by atoms with Gasteiger partial charge in [-0.15, -0.1) is 0 Å². The van der Waals surface area contributed by atoms with Crippen molar-refractivity contribution in [2.75, 3.05) is 11.9 Å². The van der Waals surface area contributed by atoms with Gasteiger partial charge in [0.15, 0.2) is 5.78 Å². The molecule has 18 heavy (non-hydrogen) atoms. The van der Waals surface area contributed by atoms with E-state index in [9.17, 15) is 9.59 Å². The van der Waals surface area contributed by atoms with Gasteiger partial charge in [0.2, 0.25) is 5.91 Å². The average molecular weight is 245 g/mol. The van der Waals surface area contributed by atoms with Crippen LogP contribution >= 0.6 is 0 Å². The zero-order valence-corrected chi connectivity index (χ0v) is 11.2. The van der Waals surface area contributed by atoms with E-state index < -0.39 is 0 Å². The molecule has 0 aromatic heterocycles. The van der Waals surface area contributed by atoms with Crippen molar-refractivity contribution in [1.82, 2.24) is 0 Å². The van der Waals surface area contributed by atoms with E-state index in [2.05, 4.69) is 6.92 Å². The second-order valence-electron chi connectivity index (χ2n) is 5.03. The SMILES string of the molecule is CCCC(C)C(=O)c1ccc2c(c1)CC(=O)N2C. The third-order valence-corrected chi connectivity index (χ3v) is 3.61. The smallest absolute Gasteiger partial charge is 0.231 e. The lowest BCUT2D eigenvalue weighted by molar-refractivity contribution is -0.117. The first-order chi connectivity index (χ1) is 8.54. The Bertz CT molecular complexity index is 493. The number of fused-ring (bicyclic) bond motifs is 1. The van der Waals surface area contributed by atoms with Gasteiger partial charge in [0, 0.05) is 24.2 Å². The number of rotatable bonds is 4. The number of ketones is 1. The number of carbonyl (C=O) groups excluding carboxylic acids is 2. The Balaban J connectivity index is 2.26. The van der Waals surface area contributed by atoms with Gasteiger partial charge >= 0.3 is 0 Å². The first-order valence-corrected chi connectivity index (χ1v) is 6.48. The number of nitrogens with zero attached hydrogens (tertiary/aromatic N) is 1. The van der Waals surface area contributed by atoms with Gasteiger partial charge in [0.25, 0.3) is 0 Å². The van der Waals surface area contributed by atoms with Crippen molar-refractivity contribution in [2.24, 2.45) is 5.92 Å². The number of carbonyl (C=O) groups is 2. The molecule has 0 fully saturated rings. The molecule has 1 heterocycles. The third kappa shape index (κ3) is 2.17. The Morgan fingerprint density at radius 1 is 1.44 bits per heavy atom. The highest BCUT2D eigenvalue weighted by molar-refractivity contribution is 6.03. The molecule has 1 aromatic rings. The highest BCUT2D eigenvalue weighted by Gasteiger charge is 2.25. The molecule has 0 radical (unpaired) electrons. The molecule has 0 N–H and O–H groups in total. The van der Waals surface area contributed by atoms with E-state index in [1.807, 2.05) is 25.1 Å². The van der Waals surface area contributed by atoms with Crippen molar-refractivity contribution in [3.8, 4) is 0 Å². The van der Waals surface area contributed by atoms with Crippen LogP contribution in [-0.4, -0.2) is 18.7 Å². The summed E-state index contributed by atoms with van der Waals surface area (Å²) in [6.07, 6.45) is 2.34. The van der Waals surface area contributed by atoms with Crippen LogP contribution in [0.4, 0.5) is 5.69 Å². The summed E-state index contributed by atoms with van der Waals surface area (Å²) in [6.45, 7) is 4.05. The van der Waals surface area contributed by atoms with E-state index in [1.165, 1.54) is 0 Å². The van der Waals surface area contributed by atoms with Crippen LogP contribution in [0.15, 0.2) is 18.2 Å². The molecule has 0 bridgehead atoms. The lowest BCUT2D eigenvalue weighted by Crippen LogP contribution is -2.20. The predicted molar refractivity (Wildman–Crippen MR) is 72.0 cm³/mol. The number of hydrogen-bond donors (Lipinski definition) is 0. The first kappa shape index (κ1) is 12.8. The van der Waals surface area contributed by atoms with Crippen LogP contribution in [-0.2, 0) is 11.2 Å². The molecular formula is C15H19NO2. The maximum Gasteiger partial charge on any atom is 0.231 e. The summed E-state index contributed by atoms with van der Waals surface area (Å²) in [5, 5.41) is 0. The van der Waals surface area contributed by atoms with Gasteiger partial charge in [-0.1, -0.05) is 20.3 Å². The number of anilines is 1. The van der Waals surface area contributed by atoms with Gasteiger partial charge in [0.1, 0.15) is 0 Å². The fourth-order valence-corrected chi connectivity index (χ4v) is 2.47. The Hall–Kier alpha value is -1.64. The lowest BCUT2D eigenvalue weighted by Gasteiger charge is -2.12. The minimum atomic E-state index is 0.0582. The Labute approximate surface area is 108 Å². The molecule has 0 spiro atoms. The number of Topliss-reactive ketones (excluding diaryl/α,β-unsaturated/α-hetero) is 1. The molecule has 1 aliphatic heterocycles. The highest BCUT2D eigenvalue weighted by Crippen LogP contribution is 2.29. The monoisotopic (exact) mass is 245 g/mol. The maximum absolute atomic E-state index is 12.2. The minimum Gasteiger partial charge on any atom is -0.315 e. The molecule has 0 saturated heterocycles. The summed E-state index contributed by atoms with van der Waals surface area (Å²) in [5.41, 5.74) is 2.63. The van der Waals surface area contributed by atoms with E-state index in [-0.39, 0.29) is 17.6 Å². The lowest BCUT2D eigenvalue weighted by atomic mass is 9.94. The zero-order valence-electron chi connectivity index (χ0n) is 11.2. The van der Waals surface area contributed by atoms with Crippen molar-refractivity contribution >= 4 is 17.4 Å². The second kappa shape index (κ2) is 4.92. The van der Waals surface area contributed by atoms with Gasteiger partial charge in [-0.2, -0.15) is 0 Å². The van der Waals surface area contributed by atoms with E-state index in [0.29, 0.717) is 6.42 Å². The molecule has 0 saturated carbocycles. The molecule has 0 aliphatic carbocycles. The molecule has 1 amide bonds. The standard InChI is InChI=1S/C15H19NO2/c1-4-5-10(2)15(18)11-6-7-13-12(8-11)9-14(17)16(13)3/h6-8,10H,4-5,9H2,1-3H3. The van der Waals surface area contributed by atoms with Crippen molar-refractivity contribution in [1.29, 1.82) is 0 Å². The van der Waals surface area contributed by atoms with E-state index >= 15 is 0 Å². The van der Waals surface area contributed by atoms with Gasteiger partial charge in [0.05, 0.1) is 6.42 Å². The van der Waals surface area contributed by atoms with Gasteiger partial charge in [-0.05, 0) is 30.2 Å². The molecular weight excluding hydrogens is 226 g/mol. The second-order valence-corrected chi connectivity index (χ2v) is 5.03. The zero-order chi connectivity index (χ0) is 13.3. The number of amides is 1. The minimum absolute atomic E-state index is 0.0582. The average Bonchev–Trinajstić information content (AvgIpc) is 2.64. The summed E-state index contributed by atoms with van der Waals surface area (Å²) >= 11 is 0. The van der Waals surface area contributed by atoms with Crippen LogP contribution in [0.3, 0.4) is 0 Å². The summed E-state index contributed by atoms with van der Waals surface area (Å²) in [6, 6.07) is 5.60. The number of likely N-dealkylation sites (N-methyl/N-ethyl adjacent to an activating group) is 1. The van der Waals surface area contributed by atoms with Crippen LogP contribution in [0.5, 0.6) is 0 Å². The van der Waals surface area contributed by atoms with Gasteiger partial charge in [-0.3, -0.25) is 9.59 Å². The Morgan fingerprint density at radius 3 is 2.83 bits per heavy atom. The largest absolute Gasteiger partial charge is 0.315 e. The highest BCUT2D eigenvalue weighted by atomic mass is 16.2. The molecule has 1 aliphatic rings. The molecule has 3 heteroatoms. The number of hydrogen-bond acceptors (Lipinski definition) is 2. The van der Waals surface area contributed by atoms with Crippen molar-refractivity contribution in [3.05, 3.63) is 29.3 Å². The van der Waals surface area contributed by atoms with Gasteiger partial charge < -0.3 is 4.90 Å². The van der Waals surface area contributed by atoms with Gasteiger partial charge in [-0.25, -0.2) is 0 Å². The van der Waals surface area contributed by atoms with Crippen molar-refractivity contribution < 1.29 is 9.59 Å². The van der Waals surface area contributed by atoms with E-state index in [0.717, 1.165) is 29.7 Å². The summed E-state index contributed by atoms with van der Waals surface area (Å²) < 4.78 is 0. The summed E-state index contributed by atoms with van der Waals surface area (Å²) in [4.78, 5) is 25.4. The topological polar surface area (TPSA) is 37.4 Å². The van der Waals surface area contributed by atoms with Crippen molar-refractivity contribution in [2.45, 2.75) is 33.1 Å². The van der Waals surface area contributed by atoms with Crippen LogP contribution in [0, 0.1) is 5.92 Å². The Morgan fingerprint density at radius 2 is 2.17 bits per heavy atom. The molecule has 96 valence electrons. The Kier molecular flexibility index (Phi) is 3.50. The normalized spacial score (nSPS) is 15.7. The quantitative estimate of drug-likeness (QED) is 0.765. The van der Waals surface area contributed by atoms with Crippen LogP contribution < -0.4 is 4.90 Å². The summed E-state index contributed by atoms with van der Waals surface area (Å²) in [5.74, 6) is 0.334. The fraction of sp³-hybridized carbons (Fsp3) is 0.467. The van der Waals surface area contributed by atoms with Crippen molar-refractivity contribution in [3.63, 3.8) is 0 Å². The first-order valence-electron chi connectivity index (χ1n) is 6.48. The van der Waals surface area contributed by atoms with Crippen LogP contribution in [0.1, 0.15) is 42.6 Å². The predicted octanol–water partition coefficient (Wildman–Crippen LogP) is 2.82. The number of benzene rings is 1. The van der Waals surface area contributed by atoms with E-state index in [1.54, 1.807) is 11.9 Å². The van der Waals surface area contributed by atoms with Crippen LogP contribution in [0.25, 0.3) is 0 Å². The molecule has 1 unspecified atom stereocenters. The van der Waals surface area contributed by atoms with Crippen LogP contribution in [0.2, 0.25) is 0 Å². The molecule has 3 nitrogen and oxygen atoms in total. The summed E-state index contributed by atoms with van der Waals surface area (Å²) in [7, 11) is 1.77. The molecule has 2 rings (SSSR count).